The highest BCUT2D eigenvalue weighted by atomic mass is 16.7. The van der Waals surface area contributed by atoms with Gasteiger partial charge in [0.2, 0.25) is 6.29 Å². The largest absolute Gasteiger partial charge is 0.426 e. The first-order chi connectivity index (χ1) is 8.40. The zero-order valence-corrected chi connectivity index (χ0v) is 11.4. The summed E-state index contributed by atoms with van der Waals surface area (Å²) in [7, 11) is 3.02. The summed E-state index contributed by atoms with van der Waals surface area (Å²) in [6.45, 7) is 4.32. The normalized spacial score (nSPS) is 13.3. The lowest BCUT2D eigenvalue weighted by atomic mass is 10.2. The van der Waals surface area contributed by atoms with E-state index in [1.165, 1.54) is 28.1 Å². The minimum Gasteiger partial charge on any atom is -0.426 e. The molecular formula is C12H20O6. The maximum absolute atomic E-state index is 11.6. The van der Waals surface area contributed by atoms with Gasteiger partial charge < -0.3 is 18.9 Å². The molecular weight excluding hydrogens is 240 g/mol. The molecule has 6 nitrogen and oxygen atoms in total. The van der Waals surface area contributed by atoms with Gasteiger partial charge in [-0.2, -0.15) is 0 Å². The Morgan fingerprint density at radius 2 is 1.67 bits per heavy atom. The fourth-order valence-corrected chi connectivity index (χ4v) is 1.15. The van der Waals surface area contributed by atoms with E-state index in [1.54, 1.807) is 13.0 Å². The lowest BCUT2D eigenvalue weighted by molar-refractivity contribution is -0.179. The van der Waals surface area contributed by atoms with Gasteiger partial charge in [-0.1, -0.05) is 6.08 Å². The molecule has 0 saturated heterocycles. The molecule has 104 valence electrons. The van der Waals surface area contributed by atoms with Crippen LogP contribution in [0.25, 0.3) is 0 Å². The van der Waals surface area contributed by atoms with Crippen LogP contribution in [0.1, 0.15) is 27.2 Å². The van der Waals surface area contributed by atoms with Gasteiger partial charge in [0.1, 0.15) is 0 Å². The highest BCUT2D eigenvalue weighted by molar-refractivity contribution is 5.87. The van der Waals surface area contributed by atoms with Gasteiger partial charge in [-0.05, 0) is 6.92 Å². The second-order valence-corrected chi connectivity index (χ2v) is 3.61. The predicted molar refractivity (Wildman–Crippen MR) is 63.5 cm³/mol. The van der Waals surface area contributed by atoms with Crippen LogP contribution in [0.2, 0.25) is 0 Å². The Kier molecular flexibility index (Phi) is 7.98. The minimum absolute atomic E-state index is 0.396. The van der Waals surface area contributed by atoms with Crippen molar-refractivity contribution in [2.24, 2.45) is 0 Å². The molecule has 0 N–H and O–H groups in total. The van der Waals surface area contributed by atoms with E-state index in [1.807, 2.05) is 0 Å². The Bertz CT molecular complexity index is 306. The van der Waals surface area contributed by atoms with E-state index >= 15 is 0 Å². The first kappa shape index (κ1) is 16.6. The van der Waals surface area contributed by atoms with Crippen molar-refractivity contribution in [3.63, 3.8) is 0 Å². The quantitative estimate of drug-likeness (QED) is 0.391. The summed E-state index contributed by atoms with van der Waals surface area (Å²) in [6.07, 6.45) is 0.758. The van der Waals surface area contributed by atoms with Crippen molar-refractivity contribution in [2.45, 2.75) is 39.8 Å². The Morgan fingerprint density at radius 1 is 1.11 bits per heavy atom. The first-order valence-corrected chi connectivity index (χ1v) is 5.51. The first-order valence-electron chi connectivity index (χ1n) is 5.51. The number of esters is 2. The molecule has 1 atom stereocenters. The van der Waals surface area contributed by atoms with Crippen LogP contribution in [0.5, 0.6) is 0 Å². The number of ether oxygens (including phenoxy) is 4. The van der Waals surface area contributed by atoms with Gasteiger partial charge in [0.15, 0.2) is 6.29 Å². The Labute approximate surface area is 107 Å². The standard InChI is InChI=1S/C12H20O6/c1-8(6-7-11(15-4)16-5)12(14)18-10(3)17-9(2)13/h6,10-11H,7H2,1-5H3/b8-6+. The second-order valence-electron chi connectivity index (χ2n) is 3.61. The molecule has 0 aliphatic rings. The summed E-state index contributed by atoms with van der Waals surface area (Å²) >= 11 is 0. The molecule has 0 aromatic carbocycles. The fourth-order valence-electron chi connectivity index (χ4n) is 1.15. The van der Waals surface area contributed by atoms with Crippen LogP contribution in [-0.4, -0.2) is 38.7 Å². The molecule has 18 heavy (non-hydrogen) atoms. The summed E-state index contributed by atoms with van der Waals surface area (Å²) in [5.74, 6) is -1.05. The average Bonchev–Trinajstić information content (AvgIpc) is 2.28. The lowest BCUT2D eigenvalue weighted by Crippen LogP contribution is -2.21. The van der Waals surface area contributed by atoms with E-state index in [0.717, 1.165) is 0 Å². The van der Waals surface area contributed by atoms with E-state index in [2.05, 4.69) is 4.74 Å². The van der Waals surface area contributed by atoms with Crippen molar-refractivity contribution in [1.29, 1.82) is 0 Å². The van der Waals surface area contributed by atoms with Crippen molar-refractivity contribution in [2.75, 3.05) is 14.2 Å². The van der Waals surface area contributed by atoms with E-state index < -0.39 is 24.5 Å². The maximum atomic E-state index is 11.6. The van der Waals surface area contributed by atoms with Gasteiger partial charge in [-0.15, -0.1) is 0 Å². The number of hydrogen-bond acceptors (Lipinski definition) is 6. The van der Waals surface area contributed by atoms with Crippen LogP contribution in [0.4, 0.5) is 0 Å². The molecule has 1 unspecified atom stereocenters. The molecule has 0 aliphatic heterocycles. The van der Waals surface area contributed by atoms with E-state index in [9.17, 15) is 9.59 Å². The Morgan fingerprint density at radius 3 is 2.11 bits per heavy atom. The average molecular weight is 260 g/mol. The van der Waals surface area contributed by atoms with E-state index in [4.69, 9.17) is 14.2 Å². The molecule has 0 saturated carbocycles. The van der Waals surface area contributed by atoms with Gasteiger partial charge >= 0.3 is 11.9 Å². The predicted octanol–water partition coefficient (Wildman–Crippen LogP) is 1.39. The minimum atomic E-state index is -0.904. The van der Waals surface area contributed by atoms with Crippen molar-refractivity contribution in [1.82, 2.24) is 0 Å². The highest BCUT2D eigenvalue weighted by Gasteiger charge is 2.13. The molecule has 6 heteroatoms. The van der Waals surface area contributed by atoms with Crippen molar-refractivity contribution >= 4 is 11.9 Å². The zero-order chi connectivity index (χ0) is 14.1. The number of methoxy groups -OCH3 is 2. The van der Waals surface area contributed by atoms with Crippen molar-refractivity contribution in [3.05, 3.63) is 11.6 Å². The fraction of sp³-hybridized carbons (Fsp3) is 0.667. The summed E-state index contributed by atoms with van der Waals surface area (Å²) in [5, 5.41) is 0. The van der Waals surface area contributed by atoms with Crippen LogP contribution in [0, 0.1) is 0 Å². The lowest BCUT2D eigenvalue weighted by Gasteiger charge is -2.14. The molecule has 0 amide bonds. The molecule has 0 radical (unpaired) electrons. The summed E-state index contributed by atoms with van der Waals surface area (Å²) in [6, 6.07) is 0. The summed E-state index contributed by atoms with van der Waals surface area (Å²) < 4.78 is 19.5. The maximum Gasteiger partial charge on any atom is 0.336 e. The highest BCUT2D eigenvalue weighted by Crippen LogP contribution is 2.06. The molecule has 0 aromatic rings. The Hall–Kier alpha value is -1.40. The molecule has 0 rings (SSSR count). The summed E-state index contributed by atoms with van der Waals surface area (Å²) in [5.41, 5.74) is 0.396. The van der Waals surface area contributed by atoms with E-state index in [0.29, 0.717) is 12.0 Å². The number of carbonyl (C=O) groups is 2. The van der Waals surface area contributed by atoms with Crippen LogP contribution < -0.4 is 0 Å². The Balaban J connectivity index is 4.24. The molecule has 0 aliphatic carbocycles. The molecule has 0 bridgehead atoms. The van der Waals surface area contributed by atoms with Gasteiger partial charge in [0, 0.05) is 40.1 Å². The zero-order valence-electron chi connectivity index (χ0n) is 11.4. The van der Waals surface area contributed by atoms with Gasteiger partial charge in [0.05, 0.1) is 0 Å². The van der Waals surface area contributed by atoms with E-state index in [-0.39, 0.29) is 0 Å². The number of hydrogen-bond donors (Lipinski definition) is 0. The smallest absolute Gasteiger partial charge is 0.336 e. The monoisotopic (exact) mass is 260 g/mol. The van der Waals surface area contributed by atoms with Crippen LogP contribution in [0.15, 0.2) is 11.6 Å². The van der Waals surface area contributed by atoms with Crippen molar-refractivity contribution in [3.8, 4) is 0 Å². The summed E-state index contributed by atoms with van der Waals surface area (Å²) in [4.78, 5) is 22.2. The number of rotatable bonds is 7. The van der Waals surface area contributed by atoms with Crippen LogP contribution in [0.3, 0.4) is 0 Å². The molecule has 0 aromatic heterocycles. The van der Waals surface area contributed by atoms with Gasteiger partial charge in [-0.25, -0.2) is 4.79 Å². The third-order valence-electron chi connectivity index (χ3n) is 2.07. The topological polar surface area (TPSA) is 71.1 Å². The third kappa shape index (κ3) is 7.03. The van der Waals surface area contributed by atoms with Crippen molar-refractivity contribution < 1.29 is 28.5 Å². The van der Waals surface area contributed by atoms with Gasteiger partial charge in [0.25, 0.3) is 0 Å². The van der Waals surface area contributed by atoms with Crippen LogP contribution in [-0.2, 0) is 28.5 Å². The SMILES string of the molecule is COC(C/C=C(\C)C(=O)OC(C)OC(C)=O)OC. The molecule has 0 spiro atoms. The molecule has 0 heterocycles. The number of carbonyl (C=O) groups excluding carboxylic acids is 2. The second kappa shape index (κ2) is 8.66. The van der Waals surface area contributed by atoms with Crippen LogP contribution >= 0.6 is 0 Å². The third-order valence-corrected chi connectivity index (χ3v) is 2.07. The molecule has 0 fully saturated rings. The van der Waals surface area contributed by atoms with Gasteiger partial charge in [-0.3, -0.25) is 4.79 Å².